The van der Waals surface area contributed by atoms with E-state index in [-0.39, 0.29) is 17.7 Å². The van der Waals surface area contributed by atoms with Gasteiger partial charge in [0.1, 0.15) is 5.75 Å². The number of hydrogen-bond acceptors (Lipinski definition) is 5. The Labute approximate surface area is 168 Å². The molecule has 1 amide bonds. The lowest BCUT2D eigenvalue weighted by atomic mass is 10.1. The van der Waals surface area contributed by atoms with Crippen LogP contribution in [-0.2, 0) is 4.79 Å². The summed E-state index contributed by atoms with van der Waals surface area (Å²) in [5.41, 5.74) is 1.44. The van der Waals surface area contributed by atoms with E-state index in [9.17, 15) is 13.6 Å². The molecule has 0 saturated heterocycles. The second kappa shape index (κ2) is 10.3. The fourth-order valence-electron chi connectivity index (χ4n) is 2.65. The number of methoxy groups -OCH3 is 3. The fourth-order valence-corrected chi connectivity index (χ4v) is 2.65. The largest absolute Gasteiger partial charge is 0.493 e. The third kappa shape index (κ3) is 6.10. The number of benzene rings is 2. The van der Waals surface area contributed by atoms with Crippen molar-refractivity contribution in [3.05, 3.63) is 53.6 Å². The Morgan fingerprint density at radius 1 is 1.00 bits per heavy atom. The van der Waals surface area contributed by atoms with Crippen molar-refractivity contribution >= 4 is 12.0 Å². The van der Waals surface area contributed by atoms with Gasteiger partial charge in [-0.05, 0) is 48.4 Å². The van der Waals surface area contributed by atoms with Crippen molar-refractivity contribution in [3.8, 4) is 23.0 Å². The summed E-state index contributed by atoms with van der Waals surface area (Å²) in [6.45, 7) is -1.09. The molecule has 8 heteroatoms. The lowest BCUT2D eigenvalue weighted by molar-refractivity contribution is -0.117. The van der Waals surface area contributed by atoms with Crippen LogP contribution >= 0.6 is 0 Å². The molecule has 1 atom stereocenters. The van der Waals surface area contributed by atoms with Crippen LogP contribution in [0.1, 0.15) is 24.1 Å². The first kappa shape index (κ1) is 22.0. The Kier molecular flexibility index (Phi) is 7.82. The topological polar surface area (TPSA) is 66.0 Å². The molecule has 0 heterocycles. The van der Waals surface area contributed by atoms with Crippen LogP contribution in [-0.4, -0.2) is 33.8 Å². The molecule has 0 aliphatic heterocycles. The maximum atomic E-state index is 12.2. The maximum absolute atomic E-state index is 12.2. The van der Waals surface area contributed by atoms with Crippen molar-refractivity contribution in [2.24, 2.45) is 0 Å². The highest BCUT2D eigenvalue weighted by Gasteiger charge is 2.13. The first-order valence-electron chi connectivity index (χ1n) is 8.71. The van der Waals surface area contributed by atoms with Gasteiger partial charge in [-0.3, -0.25) is 4.79 Å². The monoisotopic (exact) mass is 407 g/mol. The normalized spacial score (nSPS) is 12.0. The molecule has 0 radical (unpaired) electrons. The Morgan fingerprint density at radius 2 is 1.59 bits per heavy atom. The van der Waals surface area contributed by atoms with Gasteiger partial charge in [0.05, 0.1) is 27.4 Å². The van der Waals surface area contributed by atoms with E-state index in [1.54, 1.807) is 37.3 Å². The van der Waals surface area contributed by atoms with Gasteiger partial charge >= 0.3 is 6.61 Å². The molecule has 2 aromatic rings. The zero-order chi connectivity index (χ0) is 21.4. The van der Waals surface area contributed by atoms with Crippen LogP contribution in [0.4, 0.5) is 8.78 Å². The average molecular weight is 407 g/mol. The molecular weight excluding hydrogens is 384 g/mol. The summed E-state index contributed by atoms with van der Waals surface area (Å²) in [6, 6.07) is 9.20. The standard InChI is InChI=1S/C21H23F2NO5/c1-13(15-6-8-16(9-7-15)29-21(22)23)24-19(25)10-5-14-11-17(26-2)20(28-4)18(12-14)27-3/h5-13,21H,1-4H3,(H,24,25)/b10-5+/t13-/m0/s1. The summed E-state index contributed by atoms with van der Waals surface area (Å²) in [5.74, 6) is 1.16. The van der Waals surface area contributed by atoms with Crippen molar-refractivity contribution in [2.45, 2.75) is 19.6 Å². The molecule has 0 aliphatic carbocycles. The molecule has 0 bridgehead atoms. The summed E-state index contributed by atoms with van der Waals surface area (Å²) in [6.07, 6.45) is 3.00. The van der Waals surface area contributed by atoms with Gasteiger partial charge in [-0.25, -0.2) is 0 Å². The molecule has 156 valence electrons. The lowest BCUT2D eigenvalue weighted by Gasteiger charge is -2.14. The van der Waals surface area contributed by atoms with Gasteiger partial charge in [0.25, 0.3) is 0 Å². The number of carbonyl (C=O) groups excluding carboxylic acids is 1. The summed E-state index contributed by atoms with van der Waals surface area (Å²) < 4.78 is 44.6. The minimum absolute atomic E-state index is 0.0598. The van der Waals surface area contributed by atoms with Crippen LogP contribution in [0, 0.1) is 0 Å². The van der Waals surface area contributed by atoms with E-state index >= 15 is 0 Å². The minimum Gasteiger partial charge on any atom is -0.493 e. The molecule has 29 heavy (non-hydrogen) atoms. The minimum atomic E-state index is -2.88. The van der Waals surface area contributed by atoms with Crippen molar-refractivity contribution in [2.75, 3.05) is 21.3 Å². The molecule has 0 unspecified atom stereocenters. The molecule has 0 saturated carbocycles. The molecule has 0 aromatic heterocycles. The molecule has 2 rings (SSSR count). The van der Waals surface area contributed by atoms with Gasteiger partial charge in [-0.2, -0.15) is 8.78 Å². The average Bonchev–Trinajstić information content (AvgIpc) is 2.71. The van der Waals surface area contributed by atoms with Gasteiger partial charge in [0.15, 0.2) is 11.5 Å². The van der Waals surface area contributed by atoms with Crippen molar-refractivity contribution in [1.82, 2.24) is 5.32 Å². The summed E-state index contributed by atoms with van der Waals surface area (Å²) in [5, 5.41) is 2.80. The number of carbonyl (C=O) groups is 1. The lowest BCUT2D eigenvalue weighted by Crippen LogP contribution is -2.24. The van der Waals surface area contributed by atoms with Crippen LogP contribution in [0.5, 0.6) is 23.0 Å². The Bertz CT molecular complexity index is 828. The first-order valence-corrected chi connectivity index (χ1v) is 8.71. The molecule has 1 N–H and O–H groups in total. The quantitative estimate of drug-likeness (QED) is 0.631. The molecule has 0 aliphatic rings. The number of ether oxygens (including phenoxy) is 4. The number of alkyl halides is 2. The smallest absolute Gasteiger partial charge is 0.387 e. The number of nitrogens with one attached hydrogen (secondary N) is 1. The fraction of sp³-hybridized carbons (Fsp3) is 0.286. The predicted octanol–water partition coefficient (Wildman–Crippen LogP) is 4.20. The molecule has 6 nitrogen and oxygen atoms in total. The van der Waals surface area contributed by atoms with Gasteiger partial charge in [-0.15, -0.1) is 0 Å². The van der Waals surface area contributed by atoms with Gasteiger partial charge in [0.2, 0.25) is 11.7 Å². The van der Waals surface area contributed by atoms with Crippen LogP contribution in [0.2, 0.25) is 0 Å². The molecular formula is C21H23F2NO5. The molecule has 0 spiro atoms. The van der Waals surface area contributed by atoms with E-state index < -0.39 is 6.61 Å². The number of halogens is 2. The highest BCUT2D eigenvalue weighted by Crippen LogP contribution is 2.38. The molecule has 0 fully saturated rings. The Morgan fingerprint density at radius 3 is 2.07 bits per heavy atom. The van der Waals surface area contributed by atoms with Gasteiger partial charge < -0.3 is 24.3 Å². The van der Waals surface area contributed by atoms with Gasteiger partial charge in [0, 0.05) is 6.08 Å². The van der Waals surface area contributed by atoms with E-state index in [0.29, 0.717) is 22.8 Å². The van der Waals surface area contributed by atoms with E-state index in [1.807, 2.05) is 0 Å². The van der Waals surface area contributed by atoms with E-state index in [1.165, 1.54) is 39.5 Å². The summed E-state index contributed by atoms with van der Waals surface area (Å²) in [4.78, 5) is 12.2. The zero-order valence-corrected chi connectivity index (χ0v) is 16.6. The predicted molar refractivity (Wildman–Crippen MR) is 105 cm³/mol. The summed E-state index contributed by atoms with van der Waals surface area (Å²) in [7, 11) is 4.53. The third-order valence-corrected chi connectivity index (χ3v) is 4.08. The van der Waals surface area contributed by atoms with Crippen LogP contribution < -0.4 is 24.3 Å². The van der Waals surface area contributed by atoms with Crippen molar-refractivity contribution in [1.29, 1.82) is 0 Å². The van der Waals surface area contributed by atoms with Crippen LogP contribution in [0.15, 0.2) is 42.5 Å². The maximum Gasteiger partial charge on any atom is 0.387 e. The SMILES string of the molecule is COc1cc(/C=C/C(=O)N[C@@H](C)c2ccc(OC(F)F)cc2)cc(OC)c1OC. The second-order valence-electron chi connectivity index (χ2n) is 5.97. The van der Waals surface area contributed by atoms with Crippen molar-refractivity contribution < 1.29 is 32.5 Å². The third-order valence-electron chi connectivity index (χ3n) is 4.08. The highest BCUT2D eigenvalue weighted by atomic mass is 19.3. The number of rotatable bonds is 9. The summed E-state index contributed by atoms with van der Waals surface area (Å²) >= 11 is 0. The molecule has 2 aromatic carbocycles. The second-order valence-corrected chi connectivity index (χ2v) is 5.97. The number of amides is 1. The zero-order valence-electron chi connectivity index (χ0n) is 16.6. The Balaban J connectivity index is 2.05. The van der Waals surface area contributed by atoms with Crippen LogP contribution in [0.25, 0.3) is 6.08 Å². The van der Waals surface area contributed by atoms with Crippen LogP contribution in [0.3, 0.4) is 0 Å². The Hall–Kier alpha value is -3.29. The van der Waals surface area contributed by atoms with Gasteiger partial charge in [-0.1, -0.05) is 12.1 Å². The first-order chi connectivity index (χ1) is 13.9. The highest BCUT2D eigenvalue weighted by molar-refractivity contribution is 5.92. The number of hydrogen-bond donors (Lipinski definition) is 1. The van der Waals surface area contributed by atoms with E-state index in [0.717, 1.165) is 5.56 Å². The van der Waals surface area contributed by atoms with E-state index in [2.05, 4.69) is 10.1 Å². The van der Waals surface area contributed by atoms with E-state index in [4.69, 9.17) is 14.2 Å². The van der Waals surface area contributed by atoms with Crippen molar-refractivity contribution in [3.63, 3.8) is 0 Å².